The van der Waals surface area contributed by atoms with Crippen LogP contribution in [0.2, 0.25) is 0 Å². The van der Waals surface area contributed by atoms with Crippen molar-refractivity contribution in [3.05, 3.63) is 35.1 Å². The molecule has 0 radical (unpaired) electrons. The zero-order valence-electron chi connectivity index (χ0n) is 11.8. The van der Waals surface area contributed by atoms with Crippen molar-refractivity contribution in [3.8, 4) is 6.07 Å². The van der Waals surface area contributed by atoms with Crippen molar-refractivity contribution in [1.82, 2.24) is 5.32 Å². The Balaban J connectivity index is 1.91. The summed E-state index contributed by atoms with van der Waals surface area (Å²) in [6.07, 6.45) is 3.80. The van der Waals surface area contributed by atoms with Gasteiger partial charge in [0.15, 0.2) is 0 Å². The summed E-state index contributed by atoms with van der Waals surface area (Å²) in [5, 5.41) is 22.4. The molecule has 1 aromatic rings. The Bertz CT molecular complexity index is 512. The number of nitrogens with one attached hydrogen (secondary N) is 1. The molecule has 20 heavy (non-hydrogen) atoms. The number of nitriles is 1. The second-order valence-corrected chi connectivity index (χ2v) is 5.95. The van der Waals surface area contributed by atoms with Crippen LogP contribution < -0.4 is 5.32 Å². The van der Waals surface area contributed by atoms with Gasteiger partial charge in [0.2, 0.25) is 0 Å². The number of halogens is 1. The lowest BCUT2D eigenvalue weighted by molar-refractivity contribution is -0.0119. The van der Waals surface area contributed by atoms with Crippen LogP contribution >= 0.6 is 0 Å². The highest BCUT2D eigenvalue weighted by atomic mass is 19.1. The van der Waals surface area contributed by atoms with E-state index < -0.39 is 5.60 Å². The molecule has 0 bridgehead atoms. The maximum atomic E-state index is 13.6. The van der Waals surface area contributed by atoms with Gasteiger partial charge in [0.05, 0.1) is 17.2 Å². The van der Waals surface area contributed by atoms with Gasteiger partial charge in [0.25, 0.3) is 0 Å². The van der Waals surface area contributed by atoms with Crippen LogP contribution in [0.15, 0.2) is 18.2 Å². The lowest BCUT2D eigenvalue weighted by Gasteiger charge is -2.35. The molecule has 4 heteroatoms. The van der Waals surface area contributed by atoms with Crippen molar-refractivity contribution in [2.45, 2.75) is 44.8 Å². The molecule has 1 aliphatic carbocycles. The van der Waals surface area contributed by atoms with Crippen molar-refractivity contribution in [2.24, 2.45) is 5.92 Å². The van der Waals surface area contributed by atoms with Crippen LogP contribution in [-0.2, 0) is 6.54 Å². The van der Waals surface area contributed by atoms with E-state index in [0.29, 0.717) is 30.1 Å². The summed E-state index contributed by atoms with van der Waals surface area (Å²) in [6, 6.07) is 6.34. The van der Waals surface area contributed by atoms with E-state index in [2.05, 4.69) is 12.2 Å². The zero-order valence-corrected chi connectivity index (χ0v) is 11.8. The molecule has 1 aliphatic rings. The molecule has 0 saturated heterocycles. The monoisotopic (exact) mass is 276 g/mol. The molecule has 2 atom stereocenters. The Kier molecular flexibility index (Phi) is 4.74. The second kappa shape index (κ2) is 6.34. The first kappa shape index (κ1) is 15.0. The quantitative estimate of drug-likeness (QED) is 0.889. The fourth-order valence-electron chi connectivity index (χ4n) is 3.00. The highest BCUT2D eigenvalue weighted by Crippen LogP contribution is 2.31. The van der Waals surface area contributed by atoms with Crippen LogP contribution in [0, 0.1) is 23.1 Å². The third kappa shape index (κ3) is 3.78. The number of rotatable bonds is 4. The average molecular weight is 276 g/mol. The minimum Gasteiger partial charge on any atom is -0.389 e. The number of benzene rings is 1. The zero-order chi connectivity index (χ0) is 14.6. The number of hydrogen-bond acceptors (Lipinski definition) is 3. The molecule has 3 nitrogen and oxygen atoms in total. The third-order valence-electron chi connectivity index (χ3n) is 4.01. The van der Waals surface area contributed by atoms with Gasteiger partial charge in [0, 0.05) is 18.7 Å². The van der Waals surface area contributed by atoms with Gasteiger partial charge in [-0.1, -0.05) is 19.8 Å². The summed E-state index contributed by atoms with van der Waals surface area (Å²) >= 11 is 0. The lowest BCUT2D eigenvalue weighted by atomic mass is 9.79. The number of aliphatic hydroxyl groups is 1. The molecule has 0 aliphatic heterocycles. The average Bonchev–Trinajstić information content (AvgIpc) is 2.40. The molecule has 1 aromatic carbocycles. The molecule has 0 spiro atoms. The van der Waals surface area contributed by atoms with E-state index in [9.17, 15) is 9.50 Å². The van der Waals surface area contributed by atoms with Gasteiger partial charge in [-0.2, -0.15) is 5.26 Å². The molecule has 0 amide bonds. The lowest BCUT2D eigenvalue weighted by Crippen LogP contribution is -2.43. The molecule has 108 valence electrons. The van der Waals surface area contributed by atoms with Crippen molar-refractivity contribution in [3.63, 3.8) is 0 Å². The minimum absolute atomic E-state index is 0.319. The predicted molar refractivity (Wildman–Crippen MR) is 75.4 cm³/mol. The first-order chi connectivity index (χ1) is 9.52. The molecule has 1 fully saturated rings. The summed E-state index contributed by atoms with van der Waals surface area (Å²) in [5.74, 6) is 0.217. The van der Waals surface area contributed by atoms with Gasteiger partial charge in [-0.05, 0) is 37.0 Å². The van der Waals surface area contributed by atoms with Crippen molar-refractivity contribution >= 4 is 0 Å². The first-order valence-corrected chi connectivity index (χ1v) is 7.14. The van der Waals surface area contributed by atoms with Gasteiger partial charge in [0.1, 0.15) is 5.82 Å². The number of hydrogen-bond donors (Lipinski definition) is 2. The Hall–Kier alpha value is -1.44. The smallest absolute Gasteiger partial charge is 0.127 e. The molecule has 2 unspecified atom stereocenters. The maximum Gasteiger partial charge on any atom is 0.127 e. The van der Waals surface area contributed by atoms with Crippen LogP contribution in [0.5, 0.6) is 0 Å². The van der Waals surface area contributed by atoms with Gasteiger partial charge in [-0.3, -0.25) is 0 Å². The van der Waals surface area contributed by atoms with Gasteiger partial charge >= 0.3 is 0 Å². The Morgan fingerprint density at radius 2 is 2.35 bits per heavy atom. The standard InChI is InChI=1S/C16H21FN2O/c1-12-3-2-6-16(20,8-12)11-19-10-14-7-13(9-18)4-5-15(14)17/h4-5,7,12,19-20H,2-3,6,8,10-11H2,1H3. The fourth-order valence-corrected chi connectivity index (χ4v) is 3.00. The second-order valence-electron chi connectivity index (χ2n) is 5.95. The summed E-state index contributed by atoms with van der Waals surface area (Å²) in [6.45, 7) is 2.95. The van der Waals surface area contributed by atoms with E-state index in [1.54, 1.807) is 6.07 Å². The van der Waals surface area contributed by atoms with E-state index in [4.69, 9.17) is 5.26 Å². The van der Waals surface area contributed by atoms with Crippen LogP contribution in [0.1, 0.15) is 43.7 Å². The largest absolute Gasteiger partial charge is 0.389 e. The van der Waals surface area contributed by atoms with Crippen LogP contribution in [0.4, 0.5) is 4.39 Å². The first-order valence-electron chi connectivity index (χ1n) is 7.14. The number of nitrogens with zero attached hydrogens (tertiary/aromatic N) is 1. The molecule has 2 N–H and O–H groups in total. The maximum absolute atomic E-state index is 13.6. The van der Waals surface area contributed by atoms with Gasteiger partial charge in [-0.15, -0.1) is 0 Å². The van der Waals surface area contributed by atoms with E-state index >= 15 is 0 Å². The summed E-state index contributed by atoms with van der Waals surface area (Å²) in [4.78, 5) is 0. The van der Waals surface area contributed by atoms with Crippen LogP contribution in [0.3, 0.4) is 0 Å². The van der Waals surface area contributed by atoms with Crippen molar-refractivity contribution in [2.75, 3.05) is 6.54 Å². The Labute approximate surface area is 119 Å². The van der Waals surface area contributed by atoms with Crippen LogP contribution in [-0.4, -0.2) is 17.3 Å². The highest BCUT2D eigenvalue weighted by Gasteiger charge is 2.32. The van der Waals surface area contributed by atoms with E-state index in [0.717, 1.165) is 19.3 Å². The molecule has 0 aromatic heterocycles. The minimum atomic E-state index is -0.680. The predicted octanol–water partition coefficient (Wildman–Crippen LogP) is 2.73. The topological polar surface area (TPSA) is 56.0 Å². The molecular formula is C16H21FN2O. The van der Waals surface area contributed by atoms with Crippen LogP contribution in [0.25, 0.3) is 0 Å². The summed E-state index contributed by atoms with van der Waals surface area (Å²) < 4.78 is 13.6. The SMILES string of the molecule is CC1CCCC(O)(CNCc2cc(C#N)ccc2F)C1. The van der Waals surface area contributed by atoms with E-state index in [1.807, 2.05) is 6.07 Å². The molecular weight excluding hydrogens is 255 g/mol. The van der Waals surface area contributed by atoms with Gasteiger partial charge in [-0.25, -0.2) is 4.39 Å². The fraction of sp³-hybridized carbons (Fsp3) is 0.562. The summed E-state index contributed by atoms with van der Waals surface area (Å²) in [7, 11) is 0. The third-order valence-corrected chi connectivity index (χ3v) is 4.01. The van der Waals surface area contributed by atoms with Gasteiger partial charge < -0.3 is 10.4 Å². The van der Waals surface area contributed by atoms with E-state index in [-0.39, 0.29) is 5.82 Å². The van der Waals surface area contributed by atoms with E-state index in [1.165, 1.54) is 18.6 Å². The Morgan fingerprint density at radius 3 is 3.05 bits per heavy atom. The molecule has 1 saturated carbocycles. The molecule has 0 heterocycles. The summed E-state index contributed by atoms with van der Waals surface area (Å²) in [5.41, 5.74) is 0.241. The normalized spacial score (nSPS) is 26.2. The highest BCUT2D eigenvalue weighted by molar-refractivity contribution is 5.33. The van der Waals surface area contributed by atoms with Crippen molar-refractivity contribution in [1.29, 1.82) is 5.26 Å². The molecule has 2 rings (SSSR count). The van der Waals surface area contributed by atoms with Crippen molar-refractivity contribution < 1.29 is 9.50 Å². The Morgan fingerprint density at radius 1 is 1.55 bits per heavy atom.